The molecule has 7 nitrogen and oxygen atoms in total. The van der Waals surface area contributed by atoms with E-state index < -0.39 is 0 Å². The molecule has 0 N–H and O–H groups in total. The van der Waals surface area contributed by atoms with Crippen LogP contribution in [0.3, 0.4) is 0 Å². The van der Waals surface area contributed by atoms with Crippen LogP contribution >= 0.6 is 0 Å². The first-order valence-electron chi connectivity index (χ1n) is 10.2. The van der Waals surface area contributed by atoms with Crippen LogP contribution in [0, 0.1) is 0 Å². The standard InChI is InChI=1S/C23H24N6O/c1-28-15-19(14-26-28)16-5-6-17(20(11-16)30-2)12-21-25-13-18-7-8-24-23(22(18)27-21)29-9-3-4-10-29/h5-8,11,13-15H,3-4,9-10,12H2,1-2H3. The van der Waals surface area contributed by atoms with Gasteiger partial charge in [-0.3, -0.25) is 4.68 Å². The molecule has 152 valence electrons. The SMILES string of the molecule is COc1cc(-c2cnn(C)c2)ccc1Cc1ncc2ccnc(N3CCCC3)c2n1. The number of anilines is 1. The summed E-state index contributed by atoms with van der Waals surface area (Å²) in [6, 6.07) is 8.19. The van der Waals surface area contributed by atoms with Crippen LogP contribution in [0.4, 0.5) is 5.82 Å². The summed E-state index contributed by atoms with van der Waals surface area (Å²) in [5.41, 5.74) is 4.11. The largest absolute Gasteiger partial charge is 0.496 e. The Bertz CT molecular complexity index is 1200. The van der Waals surface area contributed by atoms with Gasteiger partial charge in [0.2, 0.25) is 0 Å². The highest BCUT2D eigenvalue weighted by molar-refractivity contribution is 5.88. The van der Waals surface area contributed by atoms with Gasteiger partial charge in [0, 0.05) is 61.7 Å². The Balaban J connectivity index is 1.48. The van der Waals surface area contributed by atoms with E-state index in [0.717, 1.165) is 58.1 Å². The van der Waals surface area contributed by atoms with Gasteiger partial charge in [0.15, 0.2) is 5.82 Å². The van der Waals surface area contributed by atoms with Crippen LogP contribution in [-0.4, -0.2) is 44.9 Å². The summed E-state index contributed by atoms with van der Waals surface area (Å²) in [6.45, 7) is 2.07. The number of hydrogen-bond acceptors (Lipinski definition) is 6. The molecule has 0 aliphatic carbocycles. The molecule has 0 amide bonds. The first-order valence-corrected chi connectivity index (χ1v) is 10.2. The van der Waals surface area contributed by atoms with Crippen molar-refractivity contribution in [2.75, 3.05) is 25.1 Å². The summed E-state index contributed by atoms with van der Waals surface area (Å²) in [5.74, 6) is 2.56. The molecule has 0 radical (unpaired) electrons. The summed E-state index contributed by atoms with van der Waals surface area (Å²) < 4.78 is 7.47. The minimum Gasteiger partial charge on any atom is -0.496 e. The maximum absolute atomic E-state index is 5.68. The third-order valence-corrected chi connectivity index (χ3v) is 5.61. The van der Waals surface area contributed by atoms with Crippen LogP contribution in [0.2, 0.25) is 0 Å². The fourth-order valence-electron chi connectivity index (χ4n) is 4.03. The van der Waals surface area contributed by atoms with E-state index in [0.29, 0.717) is 6.42 Å². The summed E-state index contributed by atoms with van der Waals surface area (Å²) in [4.78, 5) is 16.4. The lowest BCUT2D eigenvalue weighted by Crippen LogP contribution is -2.19. The first kappa shape index (κ1) is 18.5. The van der Waals surface area contributed by atoms with Gasteiger partial charge in [-0.15, -0.1) is 0 Å². The van der Waals surface area contributed by atoms with Gasteiger partial charge >= 0.3 is 0 Å². The molecule has 1 aliphatic rings. The topological polar surface area (TPSA) is 69.0 Å². The molecule has 0 unspecified atom stereocenters. The zero-order chi connectivity index (χ0) is 20.5. The molecule has 1 aromatic carbocycles. The van der Waals surface area contributed by atoms with E-state index in [4.69, 9.17) is 9.72 Å². The van der Waals surface area contributed by atoms with Crippen molar-refractivity contribution < 1.29 is 4.74 Å². The number of rotatable bonds is 5. The van der Waals surface area contributed by atoms with Crippen LogP contribution in [0.1, 0.15) is 24.2 Å². The molecule has 5 rings (SSSR count). The second-order valence-electron chi connectivity index (χ2n) is 7.66. The Morgan fingerprint density at radius 2 is 1.90 bits per heavy atom. The van der Waals surface area contributed by atoms with Crippen LogP contribution in [0.25, 0.3) is 22.0 Å². The van der Waals surface area contributed by atoms with Gasteiger partial charge in [0.25, 0.3) is 0 Å². The molecule has 3 aromatic heterocycles. The van der Waals surface area contributed by atoms with Crippen LogP contribution in [-0.2, 0) is 13.5 Å². The monoisotopic (exact) mass is 400 g/mol. The molecule has 4 aromatic rings. The van der Waals surface area contributed by atoms with Crippen molar-refractivity contribution in [3.05, 3.63) is 60.4 Å². The van der Waals surface area contributed by atoms with Gasteiger partial charge < -0.3 is 9.64 Å². The minimum atomic E-state index is 0.598. The normalized spacial score (nSPS) is 13.9. The Kier molecular flexibility index (Phi) is 4.78. The highest BCUT2D eigenvalue weighted by Gasteiger charge is 2.18. The number of aromatic nitrogens is 5. The van der Waals surface area contributed by atoms with Crippen LogP contribution in [0.5, 0.6) is 5.75 Å². The van der Waals surface area contributed by atoms with E-state index in [-0.39, 0.29) is 0 Å². The van der Waals surface area contributed by atoms with Crippen molar-refractivity contribution in [3.8, 4) is 16.9 Å². The predicted octanol–water partition coefficient (Wildman–Crippen LogP) is 3.62. The molecule has 0 spiro atoms. The zero-order valence-electron chi connectivity index (χ0n) is 17.2. The quantitative estimate of drug-likeness (QED) is 0.510. The third-order valence-electron chi connectivity index (χ3n) is 5.61. The highest BCUT2D eigenvalue weighted by Crippen LogP contribution is 2.29. The van der Waals surface area contributed by atoms with E-state index >= 15 is 0 Å². The number of ether oxygens (including phenoxy) is 1. The lowest BCUT2D eigenvalue weighted by Gasteiger charge is -2.17. The zero-order valence-corrected chi connectivity index (χ0v) is 17.2. The Morgan fingerprint density at radius 3 is 2.67 bits per heavy atom. The molecule has 1 aliphatic heterocycles. The first-order chi connectivity index (χ1) is 14.7. The van der Waals surface area contributed by atoms with Crippen molar-refractivity contribution in [3.63, 3.8) is 0 Å². The average molecular weight is 400 g/mol. The van der Waals surface area contributed by atoms with Gasteiger partial charge in [-0.1, -0.05) is 12.1 Å². The van der Waals surface area contributed by atoms with Crippen molar-refractivity contribution in [1.82, 2.24) is 24.7 Å². The second kappa shape index (κ2) is 7.74. The maximum Gasteiger partial charge on any atom is 0.155 e. The van der Waals surface area contributed by atoms with E-state index in [1.807, 2.05) is 44.0 Å². The molecule has 0 saturated carbocycles. The van der Waals surface area contributed by atoms with Crippen molar-refractivity contribution in [2.24, 2.45) is 7.05 Å². The van der Waals surface area contributed by atoms with Crippen LogP contribution < -0.4 is 9.64 Å². The van der Waals surface area contributed by atoms with Crippen LogP contribution in [0.15, 0.2) is 49.1 Å². The van der Waals surface area contributed by atoms with Crippen molar-refractivity contribution in [2.45, 2.75) is 19.3 Å². The Labute approximate surface area is 175 Å². The summed E-state index contributed by atoms with van der Waals surface area (Å²) in [7, 11) is 3.61. The lowest BCUT2D eigenvalue weighted by molar-refractivity contribution is 0.410. The maximum atomic E-state index is 5.68. The lowest BCUT2D eigenvalue weighted by atomic mass is 10.0. The smallest absolute Gasteiger partial charge is 0.155 e. The molecular formula is C23H24N6O. The summed E-state index contributed by atoms with van der Waals surface area (Å²) in [5, 5.41) is 5.28. The number of methoxy groups -OCH3 is 1. The van der Waals surface area contributed by atoms with E-state index in [2.05, 4.69) is 32.1 Å². The van der Waals surface area contributed by atoms with Gasteiger partial charge in [-0.05, 0) is 30.5 Å². The fraction of sp³-hybridized carbons (Fsp3) is 0.304. The average Bonchev–Trinajstić information content (AvgIpc) is 3.45. The van der Waals surface area contributed by atoms with Crippen molar-refractivity contribution in [1.29, 1.82) is 0 Å². The predicted molar refractivity (Wildman–Crippen MR) is 117 cm³/mol. The number of benzene rings is 1. The summed E-state index contributed by atoms with van der Waals surface area (Å²) >= 11 is 0. The number of aryl methyl sites for hydroxylation is 1. The number of nitrogens with zero attached hydrogens (tertiary/aromatic N) is 6. The molecule has 1 fully saturated rings. The number of hydrogen-bond donors (Lipinski definition) is 0. The molecule has 7 heteroatoms. The molecule has 0 bridgehead atoms. The van der Waals surface area contributed by atoms with E-state index in [1.54, 1.807) is 11.8 Å². The summed E-state index contributed by atoms with van der Waals surface area (Å²) in [6.07, 6.45) is 10.6. The third kappa shape index (κ3) is 3.47. The fourth-order valence-corrected chi connectivity index (χ4v) is 4.03. The molecule has 4 heterocycles. The molecule has 1 saturated heterocycles. The van der Waals surface area contributed by atoms with E-state index in [9.17, 15) is 0 Å². The number of fused-ring (bicyclic) bond motifs is 1. The van der Waals surface area contributed by atoms with Crippen molar-refractivity contribution >= 4 is 16.7 Å². The van der Waals surface area contributed by atoms with Gasteiger partial charge in [0.1, 0.15) is 17.1 Å². The van der Waals surface area contributed by atoms with Gasteiger partial charge in [0.05, 0.1) is 13.3 Å². The van der Waals surface area contributed by atoms with Gasteiger partial charge in [-0.25, -0.2) is 15.0 Å². The minimum absolute atomic E-state index is 0.598. The molecule has 0 atom stereocenters. The molecular weight excluding hydrogens is 376 g/mol. The number of pyridine rings is 1. The highest BCUT2D eigenvalue weighted by atomic mass is 16.5. The van der Waals surface area contributed by atoms with Gasteiger partial charge in [-0.2, -0.15) is 5.10 Å². The Morgan fingerprint density at radius 1 is 1.03 bits per heavy atom. The Hall–Kier alpha value is -3.48. The molecule has 30 heavy (non-hydrogen) atoms. The van der Waals surface area contributed by atoms with E-state index in [1.165, 1.54) is 12.8 Å². The second-order valence-corrected chi connectivity index (χ2v) is 7.66.